The van der Waals surface area contributed by atoms with Gasteiger partial charge in [-0.25, -0.2) is 0 Å². The number of hydrogen-bond donors (Lipinski definition) is 1. The molecule has 2 rings (SSSR count). The molecule has 6 heteroatoms. The quantitative estimate of drug-likeness (QED) is 0.409. The van der Waals surface area contributed by atoms with Crippen molar-refractivity contribution in [1.29, 1.82) is 5.26 Å². The summed E-state index contributed by atoms with van der Waals surface area (Å²) in [6.45, 7) is 2.02. The number of halogens is 1. The Bertz CT molecular complexity index is 857. The number of carbonyl (C=O) groups is 1. The second kappa shape index (κ2) is 9.50. The van der Waals surface area contributed by atoms with E-state index < -0.39 is 5.91 Å². The first-order valence-corrected chi connectivity index (χ1v) is 8.58. The fraction of sp³-hybridized carbons (Fsp3) is 0.200. The first-order valence-electron chi connectivity index (χ1n) is 8.20. The Morgan fingerprint density at radius 2 is 2.00 bits per heavy atom. The van der Waals surface area contributed by atoms with E-state index in [0.717, 1.165) is 18.4 Å². The third kappa shape index (κ3) is 4.78. The number of nitriles is 1. The molecule has 0 fully saturated rings. The summed E-state index contributed by atoms with van der Waals surface area (Å²) in [5, 5.41) is 15.4. The molecule has 0 aliphatic heterocycles. The number of nitrogens with one attached hydrogen (secondary N) is 1. The zero-order valence-electron chi connectivity index (χ0n) is 14.3. The summed E-state index contributed by atoms with van der Waals surface area (Å²) in [6, 6.07) is 15.8. The summed E-state index contributed by atoms with van der Waals surface area (Å²) in [4.78, 5) is 23.5. The fourth-order valence-corrected chi connectivity index (χ4v) is 2.80. The molecule has 26 heavy (non-hydrogen) atoms. The third-order valence-electron chi connectivity index (χ3n) is 3.87. The van der Waals surface area contributed by atoms with E-state index >= 15 is 0 Å². The third-order valence-corrected chi connectivity index (χ3v) is 4.20. The molecule has 5 nitrogen and oxygen atoms in total. The summed E-state index contributed by atoms with van der Waals surface area (Å²) in [6.07, 6.45) is 2.90. The Hall–Kier alpha value is -2.97. The lowest BCUT2D eigenvalue weighted by Crippen LogP contribution is -2.29. The molecule has 2 aromatic carbocycles. The van der Waals surface area contributed by atoms with E-state index in [1.165, 1.54) is 12.1 Å². The van der Waals surface area contributed by atoms with Crippen LogP contribution in [0.2, 0.25) is 5.02 Å². The molecule has 0 aliphatic rings. The molecule has 1 atom stereocenters. The van der Waals surface area contributed by atoms with Gasteiger partial charge in [-0.15, -0.1) is 4.91 Å². The SMILES string of the molecule is CCC[C@H](NC(=O)/C(C#N)=C/c1c(Cl)cccc1N=O)c1ccccc1. The highest BCUT2D eigenvalue weighted by Gasteiger charge is 2.18. The standard InChI is InChI=1S/C20H18ClN3O2/c1-2-7-18(14-8-4-3-5-9-14)23-20(25)15(13-22)12-16-17(21)10-6-11-19(16)24-26/h3-6,8-12,18H,2,7H2,1H3,(H,23,25)/b15-12+/t18-/m0/s1. The van der Waals surface area contributed by atoms with Crippen molar-refractivity contribution in [3.63, 3.8) is 0 Å². The van der Waals surface area contributed by atoms with Crippen LogP contribution in [-0.2, 0) is 4.79 Å². The van der Waals surface area contributed by atoms with Crippen molar-refractivity contribution in [3.05, 3.63) is 75.2 Å². The first kappa shape index (κ1) is 19.4. The van der Waals surface area contributed by atoms with Gasteiger partial charge in [-0.1, -0.05) is 61.3 Å². The van der Waals surface area contributed by atoms with E-state index in [0.29, 0.717) is 0 Å². The summed E-state index contributed by atoms with van der Waals surface area (Å²) in [7, 11) is 0. The Morgan fingerprint density at radius 1 is 1.27 bits per heavy atom. The predicted molar refractivity (Wildman–Crippen MR) is 103 cm³/mol. The maximum atomic E-state index is 12.6. The lowest BCUT2D eigenvalue weighted by molar-refractivity contribution is -0.117. The fourth-order valence-electron chi connectivity index (χ4n) is 2.57. The van der Waals surface area contributed by atoms with Gasteiger partial charge in [0.25, 0.3) is 5.91 Å². The molecule has 0 spiro atoms. The second-order valence-electron chi connectivity index (χ2n) is 5.66. The van der Waals surface area contributed by atoms with Gasteiger partial charge >= 0.3 is 0 Å². The summed E-state index contributed by atoms with van der Waals surface area (Å²) in [5.74, 6) is -0.522. The average Bonchev–Trinajstić information content (AvgIpc) is 2.67. The molecule has 0 unspecified atom stereocenters. The maximum Gasteiger partial charge on any atom is 0.262 e. The van der Waals surface area contributed by atoms with E-state index in [1.54, 1.807) is 12.1 Å². The molecule has 1 amide bonds. The molecule has 0 aliphatic carbocycles. The molecule has 0 saturated heterocycles. The molecule has 0 radical (unpaired) electrons. The summed E-state index contributed by atoms with van der Waals surface area (Å²) < 4.78 is 0. The van der Waals surface area contributed by atoms with E-state index in [4.69, 9.17) is 11.6 Å². The van der Waals surface area contributed by atoms with Crippen molar-refractivity contribution >= 4 is 29.3 Å². The number of carbonyl (C=O) groups excluding carboxylic acids is 1. The van der Waals surface area contributed by atoms with Gasteiger partial charge in [0, 0.05) is 5.56 Å². The molecule has 0 bridgehead atoms. The zero-order valence-corrected chi connectivity index (χ0v) is 15.0. The minimum absolute atomic E-state index is 0.0752. The van der Waals surface area contributed by atoms with Gasteiger partial charge in [-0.2, -0.15) is 5.26 Å². The van der Waals surface area contributed by atoms with E-state index in [1.807, 2.05) is 43.3 Å². The van der Waals surface area contributed by atoms with Crippen LogP contribution in [0.3, 0.4) is 0 Å². The number of hydrogen-bond acceptors (Lipinski definition) is 4. The highest BCUT2D eigenvalue weighted by molar-refractivity contribution is 6.32. The van der Waals surface area contributed by atoms with Crippen molar-refractivity contribution in [3.8, 4) is 6.07 Å². The van der Waals surface area contributed by atoms with Gasteiger partial charge in [0.1, 0.15) is 17.3 Å². The van der Waals surface area contributed by atoms with Crippen LogP contribution in [0.4, 0.5) is 5.69 Å². The Morgan fingerprint density at radius 3 is 2.62 bits per heavy atom. The lowest BCUT2D eigenvalue weighted by atomic mass is 10.0. The molecule has 2 aromatic rings. The highest BCUT2D eigenvalue weighted by atomic mass is 35.5. The van der Waals surface area contributed by atoms with Crippen molar-refractivity contribution in [2.24, 2.45) is 5.18 Å². The molecule has 132 valence electrons. The van der Waals surface area contributed by atoms with Crippen LogP contribution < -0.4 is 5.32 Å². The predicted octanol–water partition coefficient (Wildman–Crippen LogP) is 5.30. The normalized spacial score (nSPS) is 12.1. The maximum absolute atomic E-state index is 12.6. The Labute approximate surface area is 157 Å². The molecule has 0 saturated carbocycles. The smallest absolute Gasteiger partial charge is 0.262 e. The topological polar surface area (TPSA) is 82.3 Å². The van der Waals surface area contributed by atoms with E-state index in [2.05, 4.69) is 10.5 Å². The monoisotopic (exact) mass is 367 g/mol. The molecule has 0 heterocycles. The summed E-state index contributed by atoms with van der Waals surface area (Å²) >= 11 is 6.08. The number of amides is 1. The largest absolute Gasteiger partial charge is 0.345 e. The van der Waals surface area contributed by atoms with Gasteiger partial charge in [0.2, 0.25) is 0 Å². The van der Waals surface area contributed by atoms with Crippen LogP contribution in [0.1, 0.15) is 36.9 Å². The van der Waals surface area contributed by atoms with Crippen molar-refractivity contribution in [2.45, 2.75) is 25.8 Å². The average molecular weight is 368 g/mol. The van der Waals surface area contributed by atoms with Crippen molar-refractivity contribution in [2.75, 3.05) is 0 Å². The van der Waals surface area contributed by atoms with Crippen molar-refractivity contribution < 1.29 is 4.79 Å². The van der Waals surface area contributed by atoms with Crippen LogP contribution in [0, 0.1) is 16.2 Å². The number of benzene rings is 2. The van der Waals surface area contributed by atoms with Crippen LogP contribution in [-0.4, -0.2) is 5.91 Å². The van der Waals surface area contributed by atoms with Gasteiger partial charge in [-0.3, -0.25) is 4.79 Å². The highest BCUT2D eigenvalue weighted by Crippen LogP contribution is 2.29. The van der Waals surface area contributed by atoms with Crippen LogP contribution in [0.25, 0.3) is 6.08 Å². The second-order valence-corrected chi connectivity index (χ2v) is 6.07. The zero-order chi connectivity index (χ0) is 18.9. The van der Waals surface area contributed by atoms with Crippen molar-refractivity contribution in [1.82, 2.24) is 5.32 Å². The Balaban J connectivity index is 2.31. The Kier molecular flexibility index (Phi) is 7.07. The number of nitrogens with zero attached hydrogens (tertiary/aromatic N) is 2. The van der Waals surface area contributed by atoms with Crippen LogP contribution >= 0.6 is 11.6 Å². The number of nitroso groups, excluding NO2 is 1. The summed E-state index contributed by atoms with van der Waals surface area (Å²) in [5.41, 5.74) is 1.15. The van der Waals surface area contributed by atoms with Crippen LogP contribution in [0.5, 0.6) is 0 Å². The van der Waals surface area contributed by atoms with Gasteiger partial charge < -0.3 is 5.32 Å². The molecule has 0 aromatic heterocycles. The van der Waals surface area contributed by atoms with E-state index in [9.17, 15) is 15.0 Å². The van der Waals surface area contributed by atoms with Gasteiger partial charge in [-0.05, 0) is 35.4 Å². The van der Waals surface area contributed by atoms with Gasteiger partial charge in [0.05, 0.1) is 11.1 Å². The van der Waals surface area contributed by atoms with E-state index in [-0.39, 0.29) is 27.9 Å². The molecule has 1 N–H and O–H groups in total. The molecular formula is C20H18ClN3O2. The first-order chi connectivity index (χ1) is 12.6. The van der Waals surface area contributed by atoms with Gasteiger partial charge in [0.15, 0.2) is 0 Å². The van der Waals surface area contributed by atoms with Crippen LogP contribution in [0.15, 0.2) is 59.3 Å². The lowest BCUT2D eigenvalue weighted by Gasteiger charge is -2.18. The minimum atomic E-state index is -0.522. The minimum Gasteiger partial charge on any atom is -0.345 e. The molecular weight excluding hydrogens is 350 g/mol. The number of rotatable bonds is 7.